The molecule has 0 aromatic heterocycles. The molecule has 0 saturated carbocycles. The second kappa shape index (κ2) is 1.36. The van der Waals surface area contributed by atoms with Crippen LogP contribution in [0.1, 0.15) is 0 Å². The Balaban J connectivity index is 4.88. The van der Waals surface area contributed by atoms with E-state index in [1.54, 1.807) is 0 Å². The van der Waals surface area contributed by atoms with E-state index in [1.807, 2.05) is 0 Å². The number of hydrogen-bond donors (Lipinski definition) is 0. The zero-order valence-electron chi connectivity index (χ0n) is 3.28. The van der Waals surface area contributed by atoms with Crippen LogP contribution in [0.5, 0.6) is 0 Å². The van der Waals surface area contributed by atoms with Crippen molar-refractivity contribution in [3.63, 3.8) is 0 Å². The first-order chi connectivity index (χ1) is 3.04. The van der Waals surface area contributed by atoms with Crippen molar-refractivity contribution in [1.29, 1.82) is 5.26 Å². The van der Waals surface area contributed by atoms with E-state index in [-0.39, 0.29) is 0 Å². The van der Waals surface area contributed by atoms with E-state index in [0.29, 0.717) is 0 Å². The van der Waals surface area contributed by atoms with Gasteiger partial charge in [-0.25, -0.2) is 0 Å². The topological polar surface area (TPSA) is 23.8 Å². The summed E-state index contributed by atoms with van der Waals surface area (Å²) in [6, 6.07) is 0. The predicted molar refractivity (Wildman–Crippen MR) is 37.1 cm³/mol. The quantitative estimate of drug-likeness (QED) is 0.562. The predicted octanol–water partition coefficient (Wildman–Crippen LogP) is 4.06. The Hall–Kier alpha value is 1.01. The van der Waals surface area contributed by atoms with Crippen LogP contribution in [-0.4, -0.2) is 0 Å². The molecular formula is CCl4FNP-. The fourth-order valence-electron chi connectivity index (χ4n) is 0. The second-order valence-corrected chi connectivity index (χ2v) is 16.2. The van der Waals surface area contributed by atoms with Crippen LogP contribution in [0.3, 0.4) is 0 Å². The average molecular weight is 218 g/mol. The van der Waals surface area contributed by atoms with E-state index < -0.39 is 3.67 Å². The van der Waals surface area contributed by atoms with Crippen LogP contribution in [0.25, 0.3) is 0 Å². The van der Waals surface area contributed by atoms with Gasteiger partial charge in [0, 0.05) is 0 Å². The van der Waals surface area contributed by atoms with Crippen molar-refractivity contribution < 1.29 is 4.20 Å². The molecule has 0 bridgehead atoms. The molecule has 0 heterocycles. The van der Waals surface area contributed by atoms with Crippen molar-refractivity contribution in [3.8, 4) is 5.81 Å². The van der Waals surface area contributed by atoms with Crippen molar-refractivity contribution >= 4 is 48.6 Å². The maximum absolute atomic E-state index is 12.3. The number of nitrogens with zero attached hydrogens (tertiary/aromatic N) is 1. The normalized spacial score (nSPS) is 20.5. The molecule has 0 aromatic rings. The van der Waals surface area contributed by atoms with Gasteiger partial charge in [0.15, 0.2) is 0 Å². The fourth-order valence-corrected chi connectivity index (χ4v) is 0. The molecule has 0 radical (unpaired) electrons. The first-order valence-electron chi connectivity index (χ1n) is 1.29. The summed E-state index contributed by atoms with van der Waals surface area (Å²) >= 11 is 18.5. The van der Waals surface area contributed by atoms with Gasteiger partial charge in [-0.1, -0.05) is 0 Å². The number of hydrogen-bond acceptors (Lipinski definition) is 1. The fraction of sp³-hybridized carbons (Fsp3) is 0. The Morgan fingerprint density at radius 1 is 1.25 bits per heavy atom. The number of halogens is 5. The Morgan fingerprint density at radius 2 is 1.38 bits per heavy atom. The average Bonchev–Trinajstić information content (AvgIpc) is 1.30. The van der Waals surface area contributed by atoms with Crippen LogP contribution in [-0.2, 0) is 0 Å². The molecule has 0 aromatic carbocycles. The van der Waals surface area contributed by atoms with Gasteiger partial charge in [-0.2, -0.15) is 0 Å². The van der Waals surface area contributed by atoms with Gasteiger partial charge in [0.2, 0.25) is 0 Å². The molecule has 8 heavy (non-hydrogen) atoms. The first kappa shape index (κ1) is 9.01. The van der Waals surface area contributed by atoms with Gasteiger partial charge in [-0.15, -0.1) is 0 Å². The van der Waals surface area contributed by atoms with Gasteiger partial charge in [0.05, 0.1) is 0 Å². The Bertz CT molecular complexity index is 146. The van der Waals surface area contributed by atoms with Crippen LogP contribution in [0.15, 0.2) is 0 Å². The molecule has 0 N–H and O–H groups in total. The van der Waals surface area contributed by atoms with Gasteiger partial charge >= 0.3 is 63.9 Å². The molecule has 0 saturated heterocycles. The van der Waals surface area contributed by atoms with Crippen LogP contribution < -0.4 is 0 Å². The third-order valence-electron chi connectivity index (χ3n) is 0.189. The Labute approximate surface area is 64.1 Å². The maximum atomic E-state index is 12.3. The summed E-state index contributed by atoms with van der Waals surface area (Å²) in [6.07, 6.45) is 0. The molecule has 0 atom stereocenters. The molecule has 1 nitrogen and oxygen atoms in total. The molecule has 0 rings (SSSR count). The molecule has 0 unspecified atom stereocenters. The van der Waals surface area contributed by atoms with E-state index in [1.165, 1.54) is 0 Å². The Morgan fingerprint density at radius 3 is 1.38 bits per heavy atom. The third kappa shape index (κ3) is 7.01. The summed E-state index contributed by atoms with van der Waals surface area (Å²) in [7, 11) is 0. The summed E-state index contributed by atoms with van der Waals surface area (Å²) in [5, 5.41) is 7.83. The van der Waals surface area contributed by atoms with Gasteiger partial charge in [0.1, 0.15) is 0 Å². The Kier molecular flexibility index (Phi) is 1.53. The minimum atomic E-state index is -6.00. The van der Waals surface area contributed by atoms with E-state index in [4.69, 9.17) is 5.26 Å². The summed E-state index contributed by atoms with van der Waals surface area (Å²) < 4.78 is 6.33. The van der Waals surface area contributed by atoms with Crippen molar-refractivity contribution in [3.05, 3.63) is 0 Å². The molecule has 7 heteroatoms. The van der Waals surface area contributed by atoms with E-state index in [9.17, 15) is 4.20 Å². The molecular weight excluding hydrogens is 218 g/mol. The molecule has 0 aliphatic carbocycles. The zero-order chi connectivity index (χ0) is 7.12. The van der Waals surface area contributed by atoms with Crippen molar-refractivity contribution in [2.45, 2.75) is 0 Å². The molecule has 0 spiro atoms. The van der Waals surface area contributed by atoms with Crippen LogP contribution >= 0.6 is 48.6 Å². The summed E-state index contributed by atoms with van der Waals surface area (Å²) in [4.78, 5) is 0. The standard InChI is InChI=1S/CCl4FNP/c2-8(3,4,5,6)1-7/q-1. The number of nitriles is 1. The molecule has 0 aliphatic rings. The van der Waals surface area contributed by atoms with Gasteiger partial charge in [-0.3, -0.25) is 0 Å². The van der Waals surface area contributed by atoms with Crippen molar-refractivity contribution in [1.82, 2.24) is 0 Å². The van der Waals surface area contributed by atoms with Crippen LogP contribution in [0.4, 0.5) is 4.20 Å². The van der Waals surface area contributed by atoms with Crippen molar-refractivity contribution in [2.75, 3.05) is 0 Å². The molecule has 0 aliphatic heterocycles. The SMILES string of the molecule is N#C[P-](F)(Cl)(Cl)(Cl)Cl. The number of rotatable bonds is 0. The van der Waals surface area contributed by atoms with Crippen LogP contribution in [0, 0.1) is 11.1 Å². The third-order valence-corrected chi connectivity index (χ3v) is 1.47. The van der Waals surface area contributed by atoms with E-state index in [0.717, 1.165) is 5.81 Å². The molecule has 50 valence electrons. The summed E-state index contributed by atoms with van der Waals surface area (Å²) in [6.45, 7) is 0. The zero-order valence-corrected chi connectivity index (χ0v) is 7.20. The summed E-state index contributed by atoms with van der Waals surface area (Å²) in [5.74, 6) is 0.789. The van der Waals surface area contributed by atoms with Gasteiger partial charge in [-0.05, 0) is 0 Å². The molecule has 0 fully saturated rings. The van der Waals surface area contributed by atoms with Crippen molar-refractivity contribution in [2.24, 2.45) is 0 Å². The minimum absolute atomic E-state index is 0.789. The van der Waals surface area contributed by atoms with E-state index >= 15 is 0 Å². The van der Waals surface area contributed by atoms with Gasteiger partial charge in [0.25, 0.3) is 0 Å². The first-order valence-corrected chi connectivity index (χ1v) is 7.49. The monoisotopic (exact) mass is 216 g/mol. The van der Waals surface area contributed by atoms with Crippen LogP contribution in [0.2, 0.25) is 0 Å². The second-order valence-electron chi connectivity index (χ2n) is 1.16. The summed E-state index contributed by atoms with van der Waals surface area (Å²) in [5.41, 5.74) is 0. The van der Waals surface area contributed by atoms with Gasteiger partial charge < -0.3 is 0 Å². The molecule has 0 amide bonds. The van der Waals surface area contributed by atoms with E-state index in [2.05, 4.69) is 45.0 Å².